The molecule has 1 aromatic rings. The van der Waals surface area contributed by atoms with Crippen LogP contribution in [0.15, 0.2) is 6.08 Å². The van der Waals surface area contributed by atoms with Gasteiger partial charge in [-0.05, 0) is 67.6 Å². The molecule has 0 spiro atoms. The highest BCUT2D eigenvalue weighted by molar-refractivity contribution is 5.80. The van der Waals surface area contributed by atoms with Gasteiger partial charge in [0.2, 0.25) is 0 Å². The van der Waals surface area contributed by atoms with Gasteiger partial charge >= 0.3 is 0 Å². The van der Waals surface area contributed by atoms with Gasteiger partial charge in [-0.2, -0.15) is 0 Å². The summed E-state index contributed by atoms with van der Waals surface area (Å²) in [7, 11) is 0. The van der Waals surface area contributed by atoms with Crippen LogP contribution < -0.4 is 11.5 Å². The highest BCUT2D eigenvalue weighted by Crippen LogP contribution is 2.48. The van der Waals surface area contributed by atoms with E-state index in [9.17, 15) is 0 Å². The van der Waals surface area contributed by atoms with Crippen molar-refractivity contribution in [1.82, 2.24) is 0 Å². The van der Waals surface area contributed by atoms with Crippen molar-refractivity contribution in [2.45, 2.75) is 96.3 Å². The Morgan fingerprint density at radius 1 is 0.800 bits per heavy atom. The standard InChI is InChI=1S/C23H36N2/c1-3-4-15-19-20(17-11-7-5-8-12-17)21(18-13-9-6-10-14-18)23(25)16(2)22(19)24/h4,15,17-18H,3,5-14,24-25H2,1-2H3. The molecule has 0 unspecified atom stereocenters. The third-order valence-corrected chi connectivity index (χ3v) is 6.52. The minimum Gasteiger partial charge on any atom is -0.398 e. The average molecular weight is 341 g/mol. The molecule has 25 heavy (non-hydrogen) atoms. The molecule has 0 aliphatic heterocycles. The maximum atomic E-state index is 6.72. The van der Waals surface area contributed by atoms with Crippen molar-refractivity contribution in [3.05, 3.63) is 28.3 Å². The lowest BCUT2D eigenvalue weighted by Gasteiger charge is -2.33. The van der Waals surface area contributed by atoms with Gasteiger partial charge in [-0.25, -0.2) is 0 Å². The average Bonchev–Trinajstić information content (AvgIpc) is 2.66. The SMILES string of the molecule is CCC=Cc1c(N)c(C)c(N)c(C2CCCCC2)c1C1CCCCC1. The number of benzene rings is 1. The Labute approximate surface area is 154 Å². The normalized spacial score (nSPS) is 20.4. The van der Waals surface area contributed by atoms with Gasteiger partial charge in [0.25, 0.3) is 0 Å². The minimum atomic E-state index is 0.638. The first-order valence-corrected chi connectivity index (χ1v) is 10.5. The fraction of sp³-hybridized carbons (Fsp3) is 0.652. The Morgan fingerprint density at radius 2 is 1.32 bits per heavy atom. The molecule has 0 amide bonds. The van der Waals surface area contributed by atoms with Crippen molar-refractivity contribution in [3.8, 4) is 0 Å². The van der Waals surface area contributed by atoms with Gasteiger partial charge in [0.15, 0.2) is 0 Å². The predicted molar refractivity (Wildman–Crippen MR) is 111 cm³/mol. The lowest BCUT2D eigenvalue weighted by Crippen LogP contribution is -2.18. The van der Waals surface area contributed by atoms with E-state index in [1.807, 2.05) is 0 Å². The summed E-state index contributed by atoms with van der Waals surface area (Å²) in [6.07, 6.45) is 18.9. The number of hydrogen-bond acceptors (Lipinski definition) is 2. The molecule has 3 rings (SSSR count). The van der Waals surface area contributed by atoms with Crippen molar-refractivity contribution in [2.24, 2.45) is 0 Å². The lowest BCUT2D eigenvalue weighted by molar-refractivity contribution is 0.419. The van der Waals surface area contributed by atoms with Gasteiger partial charge in [0.05, 0.1) is 0 Å². The molecule has 2 aliphatic rings. The number of nitrogens with two attached hydrogens (primary N) is 2. The second-order valence-corrected chi connectivity index (χ2v) is 8.17. The molecule has 0 radical (unpaired) electrons. The van der Waals surface area contributed by atoms with E-state index in [1.165, 1.54) is 80.9 Å². The third kappa shape index (κ3) is 3.73. The highest BCUT2D eigenvalue weighted by atomic mass is 14.6. The fourth-order valence-electron chi connectivity index (χ4n) is 5.06. The van der Waals surface area contributed by atoms with Gasteiger partial charge in [-0.1, -0.05) is 57.6 Å². The van der Waals surface area contributed by atoms with Crippen LogP contribution in [0.25, 0.3) is 6.08 Å². The van der Waals surface area contributed by atoms with Crippen LogP contribution >= 0.6 is 0 Å². The number of allylic oxidation sites excluding steroid dienone is 1. The van der Waals surface area contributed by atoms with Crippen molar-refractivity contribution < 1.29 is 0 Å². The van der Waals surface area contributed by atoms with Crippen LogP contribution in [0.3, 0.4) is 0 Å². The van der Waals surface area contributed by atoms with Gasteiger partial charge in [0.1, 0.15) is 0 Å². The van der Waals surface area contributed by atoms with Crippen LogP contribution in [0, 0.1) is 6.92 Å². The summed E-state index contributed by atoms with van der Waals surface area (Å²) in [5, 5.41) is 0. The minimum absolute atomic E-state index is 0.638. The van der Waals surface area contributed by atoms with E-state index in [1.54, 1.807) is 0 Å². The highest BCUT2D eigenvalue weighted by Gasteiger charge is 2.30. The summed E-state index contributed by atoms with van der Waals surface area (Å²) >= 11 is 0. The zero-order valence-electron chi connectivity index (χ0n) is 16.2. The van der Waals surface area contributed by atoms with E-state index in [2.05, 4.69) is 26.0 Å². The van der Waals surface area contributed by atoms with Gasteiger partial charge in [-0.15, -0.1) is 0 Å². The Bertz CT molecular complexity index is 618. The first-order valence-electron chi connectivity index (χ1n) is 10.5. The van der Waals surface area contributed by atoms with Crippen LogP contribution in [0.4, 0.5) is 11.4 Å². The largest absolute Gasteiger partial charge is 0.398 e. The number of hydrogen-bond donors (Lipinski definition) is 2. The Morgan fingerprint density at radius 3 is 1.84 bits per heavy atom. The second-order valence-electron chi connectivity index (χ2n) is 8.17. The maximum absolute atomic E-state index is 6.72. The zero-order valence-corrected chi connectivity index (χ0v) is 16.2. The monoisotopic (exact) mass is 340 g/mol. The van der Waals surface area contributed by atoms with Crippen molar-refractivity contribution in [2.75, 3.05) is 11.5 Å². The summed E-state index contributed by atoms with van der Waals surface area (Å²) in [5.74, 6) is 1.28. The van der Waals surface area contributed by atoms with Crippen molar-refractivity contribution in [3.63, 3.8) is 0 Å². The van der Waals surface area contributed by atoms with E-state index in [0.29, 0.717) is 11.8 Å². The van der Waals surface area contributed by atoms with E-state index in [-0.39, 0.29) is 0 Å². The molecule has 0 saturated heterocycles. The molecule has 1 aromatic carbocycles. The molecule has 0 aromatic heterocycles. The smallest absolute Gasteiger partial charge is 0.0441 e. The number of nitrogen functional groups attached to an aromatic ring is 2. The van der Waals surface area contributed by atoms with E-state index >= 15 is 0 Å². The third-order valence-electron chi connectivity index (χ3n) is 6.52. The molecule has 2 heteroatoms. The van der Waals surface area contributed by atoms with Gasteiger partial charge in [0, 0.05) is 16.9 Å². The quantitative estimate of drug-likeness (QED) is 0.601. The van der Waals surface area contributed by atoms with Crippen molar-refractivity contribution >= 4 is 17.5 Å². The van der Waals surface area contributed by atoms with Crippen molar-refractivity contribution in [1.29, 1.82) is 0 Å². The van der Waals surface area contributed by atoms with E-state index in [0.717, 1.165) is 23.4 Å². The molecule has 2 aliphatic carbocycles. The van der Waals surface area contributed by atoms with Gasteiger partial charge in [-0.3, -0.25) is 0 Å². The van der Waals surface area contributed by atoms with Crippen LogP contribution in [0.1, 0.15) is 112 Å². The Hall–Kier alpha value is -1.44. The molecule has 2 saturated carbocycles. The van der Waals surface area contributed by atoms with Crippen LogP contribution in [-0.4, -0.2) is 0 Å². The maximum Gasteiger partial charge on any atom is 0.0441 e. The van der Waals surface area contributed by atoms with Crippen LogP contribution in [-0.2, 0) is 0 Å². The number of anilines is 2. The lowest BCUT2D eigenvalue weighted by atomic mass is 9.72. The first kappa shape index (κ1) is 18.4. The summed E-state index contributed by atoms with van der Waals surface area (Å²) < 4.78 is 0. The summed E-state index contributed by atoms with van der Waals surface area (Å²) in [6, 6.07) is 0. The number of rotatable bonds is 4. The Kier molecular flexibility index (Phi) is 6.09. The molecule has 0 bridgehead atoms. The summed E-state index contributed by atoms with van der Waals surface area (Å²) in [5.41, 5.74) is 20.6. The molecular weight excluding hydrogens is 304 g/mol. The predicted octanol–water partition coefficient (Wildman–Crippen LogP) is 6.68. The molecule has 2 fully saturated rings. The second kappa shape index (κ2) is 8.29. The topological polar surface area (TPSA) is 52.0 Å². The summed E-state index contributed by atoms with van der Waals surface area (Å²) in [4.78, 5) is 0. The molecule has 2 nitrogen and oxygen atoms in total. The van der Waals surface area contributed by atoms with E-state index < -0.39 is 0 Å². The Balaban J connectivity index is 2.18. The molecule has 0 atom stereocenters. The van der Waals surface area contributed by atoms with Crippen LogP contribution in [0.5, 0.6) is 0 Å². The summed E-state index contributed by atoms with van der Waals surface area (Å²) in [6.45, 7) is 4.31. The first-order chi connectivity index (χ1) is 12.1. The zero-order chi connectivity index (χ0) is 17.8. The fourth-order valence-corrected chi connectivity index (χ4v) is 5.06. The molecular formula is C23H36N2. The van der Waals surface area contributed by atoms with Crippen LogP contribution in [0.2, 0.25) is 0 Å². The van der Waals surface area contributed by atoms with E-state index in [4.69, 9.17) is 11.5 Å². The molecule has 138 valence electrons. The van der Waals surface area contributed by atoms with Gasteiger partial charge < -0.3 is 11.5 Å². The molecule has 0 heterocycles. The molecule has 4 N–H and O–H groups in total.